The molecule has 162 valence electrons. The number of guanidine groups is 1. The third-order valence-electron chi connectivity index (χ3n) is 6.87. The molecule has 0 spiro atoms. The lowest BCUT2D eigenvalue weighted by atomic mass is 10.1. The zero-order chi connectivity index (χ0) is 20.2. The molecule has 5 heterocycles. The minimum absolute atomic E-state index is 0.537. The van der Waals surface area contributed by atoms with E-state index in [-0.39, 0.29) is 0 Å². The van der Waals surface area contributed by atoms with Gasteiger partial charge in [0.25, 0.3) is 0 Å². The first-order chi connectivity index (χ1) is 14.1. The summed E-state index contributed by atoms with van der Waals surface area (Å²) in [4.78, 5) is 12.6. The van der Waals surface area contributed by atoms with Crippen LogP contribution in [0, 0.1) is 6.92 Å². The van der Waals surface area contributed by atoms with Crippen LogP contribution < -0.4 is 10.6 Å². The fourth-order valence-corrected chi connectivity index (χ4v) is 4.80. The lowest BCUT2D eigenvalue weighted by molar-refractivity contribution is 0.0154. The molecule has 0 aliphatic carbocycles. The SMILES string of the molecule is CCN1CCCC1CNC(=NCc1nnc(C)n1C)NCC1CN2CCN1CC2. The summed E-state index contributed by atoms with van der Waals surface area (Å²) in [6, 6.07) is 1.17. The monoisotopic (exact) mass is 403 g/mol. The Kier molecular flexibility index (Phi) is 6.67. The molecule has 0 radical (unpaired) electrons. The van der Waals surface area contributed by atoms with E-state index in [9.17, 15) is 0 Å². The second-order valence-electron chi connectivity index (χ2n) is 8.56. The first-order valence-electron chi connectivity index (χ1n) is 11.2. The molecule has 0 amide bonds. The molecule has 9 nitrogen and oxygen atoms in total. The number of hydrogen-bond donors (Lipinski definition) is 2. The Bertz CT molecular complexity index is 692. The Morgan fingerprint density at radius 2 is 1.83 bits per heavy atom. The molecule has 1 aromatic heterocycles. The molecule has 9 heteroatoms. The molecule has 29 heavy (non-hydrogen) atoms. The van der Waals surface area contributed by atoms with E-state index in [1.165, 1.54) is 45.6 Å². The standard InChI is InChI=1S/C20H37N9/c1-4-28-7-5-6-17(28)12-21-20(23-14-19-25-24-16(2)26(19)3)22-13-18-15-27-8-10-29(18)11-9-27/h17-18H,4-15H2,1-3H3,(H2,21,22,23). The van der Waals surface area contributed by atoms with Gasteiger partial charge < -0.3 is 15.2 Å². The van der Waals surface area contributed by atoms with Gasteiger partial charge in [0.05, 0.1) is 0 Å². The average molecular weight is 404 g/mol. The predicted octanol–water partition coefficient (Wildman–Crippen LogP) is -0.357. The lowest BCUT2D eigenvalue weighted by Crippen LogP contribution is -2.64. The van der Waals surface area contributed by atoms with Crippen LogP contribution in [0.4, 0.5) is 0 Å². The van der Waals surface area contributed by atoms with Crippen LogP contribution >= 0.6 is 0 Å². The van der Waals surface area contributed by atoms with Crippen molar-refractivity contribution in [1.82, 2.24) is 40.1 Å². The van der Waals surface area contributed by atoms with Crippen LogP contribution in [0.2, 0.25) is 0 Å². The molecule has 4 aliphatic heterocycles. The lowest BCUT2D eigenvalue weighted by Gasteiger charge is -2.47. The molecule has 2 N–H and O–H groups in total. The number of aliphatic imine (C=N–C) groups is 1. The van der Waals surface area contributed by atoms with Crippen molar-refractivity contribution in [3.8, 4) is 0 Å². The van der Waals surface area contributed by atoms with Crippen molar-refractivity contribution >= 4 is 5.96 Å². The van der Waals surface area contributed by atoms with Gasteiger partial charge in [0.15, 0.2) is 11.8 Å². The number of hydrogen-bond acceptors (Lipinski definition) is 6. The first-order valence-corrected chi connectivity index (χ1v) is 11.2. The summed E-state index contributed by atoms with van der Waals surface area (Å²) in [5.41, 5.74) is 0. The third kappa shape index (κ3) is 4.90. The molecule has 4 fully saturated rings. The molecule has 5 rings (SSSR count). The van der Waals surface area contributed by atoms with E-state index < -0.39 is 0 Å². The summed E-state index contributed by atoms with van der Waals surface area (Å²) >= 11 is 0. The predicted molar refractivity (Wildman–Crippen MR) is 115 cm³/mol. The molecule has 0 aromatic carbocycles. The molecule has 4 aliphatic rings. The number of aryl methyl sites for hydroxylation is 1. The normalized spacial score (nSPS) is 30.1. The minimum Gasteiger partial charge on any atom is -0.355 e. The Morgan fingerprint density at radius 1 is 1.07 bits per heavy atom. The fraction of sp³-hybridized carbons (Fsp3) is 0.850. The summed E-state index contributed by atoms with van der Waals surface area (Å²) in [5.74, 6) is 2.71. The summed E-state index contributed by atoms with van der Waals surface area (Å²) < 4.78 is 2.01. The molecule has 4 saturated heterocycles. The van der Waals surface area contributed by atoms with E-state index >= 15 is 0 Å². The van der Waals surface area contributed by atoms with Gasteiger partial charge in [-0.15, -0.1) is 10.2 Å². The van der Waals surface area contributed by atoms with Gasteiger partial charge >= 0.3 is 0 Å². The van der Waals surface area contributed by atoms with Crippen molar-refractivity contribution in [2.24, 2.45) is 12.0 Å². The highest BCUT2D eigenvalue weighted by atomic mass is 15.4. The number of rotatable bonds is 7. The van der Waals surface area contributed by atoms with E-state index in [0.29, 0.717) is 18.6 Å². The molecule has 1 aromatic rings. The van der Waals surface area contributed by atoms with Crippen molar-refractivity contribution in [3.63, 3.8) is 0 Å². The van der Waals surface area contributed by atoms with Crippen molar-refractivity contribution in [2.75, 3.05) is 58.9 Å². The Balaban J connectivity index is 1.37. The minimum atomic E-state index is 0.537. The third-order valence-corrected chi connectivity index (χ3v) is 6.87. The Labute approximate surface area is 174 Å². The summed E-state index contributed by atoms with van der Waals surface area (Å²) in [5, 5.41) is 15.6. The molecule has 0 saturated carbocycles. The van der Waals surface area contributed by atoms with Gasteiger partial charge in [-0.1, -0.05) is 6.92 Å². The van der Waals surface area contributed by atoms with Crippen LogP contribution in [0.1, 0.15) is 31.4 Å². The van der Waals surface area contributed by atoms with Crippen LogP contribution in [0.25, 0.3) is 0 Å². The maximum Gasteiger partial charge on any atom is 0.191 e. The molecule has 2 unspecified atom stereocenters. The van der Waals surface area contributed by atoms with Crippen molar-refractivity contribution in [3.05, 3.63) is 11.6 Å². The van der Waals surface area contributed by atoms with Gasteiger partial charge in [-0.25, -0.2) is 4.99 Å². The highest BCUT2D eigenvalue weighted by Gasteiger charge is 2.31. The van der Waals surface area contributed by atoms with Gasteiger partial charge in [-0.05, 0) is 32.9 Å². The summed E-state index contributed by atoms with van der Waals surface area (Å²) in [6.45, 7) is 15.0. The number of piperazine rings is 3. The van der Waals surface area contributed by atoms with Crippen LogP contribution in [0.15, 0.2) is 4.99 Å². The van der Waals surface area contributed by atoms with Crippen LogP contribution in [0.5, 0.6) is 0 Å². The highest BCUT2D eigenvalue weighted by molar-refractivity contribution is 5.79. The number of nitrogens with zero attached hydrogens (tertiary/aromatic N) is 7. The van der Waals surface area contributed by atoms with Crippen molar-refractivity contribution < 1.29 is 0 Å². The summed E-state index contributed by atoms with van der Waals surface area (Å²) in [7, 11) is 2.00. The smallest absolute Gasteiger partial charge is 0.191 e. The van der Waals surface area contributed by atoms with E-state index in [1.54, 1.807) is 0 Å². The van der Waals surface area contributed by atoms with E-state index in [0.717, 1.165) is 43.8 Å². The first kappa shape index (κ1) is 20.6. The highest BCUT2D eigenvalue weighted by Crippen LogP contribution is 2.16. The maximum atomic E-state index is 4.85. The number of nitrogens with one attached hydrogen (secondary N) is 2. The topological polar surface area (TPSA) is 76.8 Å². The second-order valence-corrected chi connectivity index (χ2v) is 8.56. The van der Waals surface area contributed by atoms with E-state index in [4.69, 9.17) is 4.99 Å². The Hall–Kier alpha value is -1.71. The van der Waals surface area contributed by atoms with Crippen molar-refractivity contribution in [2.45, 2.75) is 45.3 Å². The zero-order valence-corrected chi connectivity index (χ0v) is 18.3. The van der Waals surface area contributed by atoms with E-state index in [1.807, 2.05) is 18.5 Å². The van der Waals surface area contributed by atoms with Crippen LogP contribution in [-0.4, -0.2) is 106 Å². The molecular weight excluding hydrogens is 366 g/mol. The largest absolute Gasteiger partial charge is 0.355 e. The second kappa shape index (κ2) is 9.40. The number of aromatic nitrogens is 3. The van der Waals surface area contributed by atoms with E-state index in [2.05, 4.69) is 42.5 Å². The molecular formula is C20H37N9. The van der Waals surface area contributed by atoms with Gasteiger partial charge in [0.1, 0.15) is 12.4 Å². The fourth-order valence-electron chi connectivity index (χ4n) is 4.80. The zero-order valence-electron chi connectivity index (χ0n) is 18.3. The maximum absolute atomic E-state index is 4.85. The number of fused-ring (bicyclic) bond motifs is 3. The average Bonchev–Trinajstić information content (AvgIpc) is 3.35. The number of likely N-dealkylation sites (N-methyl/N-ethyl adjacent to an activating group) is 1. The van der Waals surface area contributed by atoms with Gasteiger partial charge in [0.2, 0.25) is 0 Å². The van der Waals surface area contributed by atoms with Gasteiger partial charge in [-0.2, -0.15) is 0 Å². The summed E-state index contributed by atoms with van der Waals surface area (Å²) in [6.07, 6.45) is 2.56. The number of likely N-dealkylation sites (tertiary alicyclic amines) is 1. The quantitative estimate of drug-likeness (QED) is 0.476. The van der Waals surface area contributed by atoms with Gasteiger partial charge in [-0.3, -0.25) is 14.7 Å². The van der Waals surface area contributed by atoms with Gasteiger partial charge in [0, 0.05) is 64.9 Å². The molecule has 2 atom stereocenters. The Morgan fingerprint density at radius 3 is 2.45 bits per heavy atom. The molecule has 2 bridgehead atoms. The van der Waals surface area contributed by atoms with Crippen LogP contribution in [-0.2, 0) is 13.6 Å². The van der Waals surface area contributed by atoms with Crippen LogP contribution in [0.3, 0.4) is 0 Å². The van der Waals surface area contributed by atoms with Crippen molar-refractivity contribution in [1.29, 1.82) is 0 Å².